The lowest BCUT2D eigenvalue weighted by molar-refractivity contribution is -0.144. The maximum atomic E-state index is 12.3. The first-order valence-corrected chi connectivity index (χ1v) is 17.5. The number of rotatable bonds is 19. The average Bonchev–Trinajstić information content (AvgIpc) is 3.54. The smallest absolute Gasteiger partial charge is 0.322 e. The second-order valence-corrected chi connectivity index (χ2v) is 14.1. The third kappa shape index (κ3) is 11.4. The molecule has 14 heteroatoms. The number of ketones is 2. The molecule has 0 bridgehead atoms. The van der Waals surface area contributed by atoms with E-state index in [2.05, 4.69) is 42.5 Å². The molecule has 2 rings (SSSR count). The Kier molecular flexibility index (Phi) is 16.4. The third-order valence-electron chi connectivity index (χ3n) is 5.26. The van der Waals surface area contributed by atoms with Gasteiger partial charge in [-0.15, -0.1) is 22.7 Å². The molecule has 8 nitrogen and oxygen atoms in total. The zero-order chi connectivity index (χ0) is 27.9. The van der Waals surface area contributed by atoms with Gasteiger partial charge in [0.2, 0.25) is 0 Å². The van der Waals surface area contributed by atoms with E-state index in [0.29, 0.717) is 47.2 Å². The first-order valence-electron chi connectivity index (χ1n) is 11.7. The van der Waals surface area contributed by atoms with Crippen molar-refractivity contribution in [1.82, 2.24) is 10.6 Å². The molecule has 0 radical (unpaired) electrons. The van der Waals surface area contributed by atoms with Crippen LogP contribution in [0.15, 0.2) is 31.8 Å². The molecular weight excluding hydrogens is 700 g/mol. The van der Waals surface area contributed by atoms with E-state index in [1.165, 1.54) is 36.9 Å². The molecule has 0 aliphatic rings. The Balaban J connectivity index is 1.67. The quantitative estimate of drug-likeness (QED) is 0.0821. The van der Waals surface area contributed by atoms with Crippen LogP contribution in [0.3, 0.4) is 0 Å². The van der Waals surface area contributed by atoms with Crippen LogP contribution in [-0.4, -0.2) is 74.4 Å². The largest absolute Gasteiger partial charge is 0.468 e. The van der Waals surface area contributed by atoms with Gasteiger partial charge in [0, 0.05) is 46.4 Å². The van der Waals surface area contributed by atoms with Crippen molar-refractivity contribution in [3.8, 4) is 0 Å². The molecule has 2 heterocycles. The lowest BCUT2D eigenvalue weighted by Crippen LogP contribution is -2.39. The van der Waals surface area contributed by atoms with Crippen molar-refractivity contribution in [1.29, 1.82) is 0 Å². The lowest BCUT2D eigenvalue weighted by atomic mass is 10.2. The van der Waals surface area contributed by atoms with Gasteiger partial charge in [0.1, 0.15) is 12.1 Å². The van der Waals surface area contributed by atoms with E-state index >= 15 is 0 Å². The highest BCUT2D eigenvalue weighted by atomic mass is 79.9. The van der Waals surface area contributed by atoms with Gasteiger partial charge in [-0.25, -0.2) is 0 Å². The number of methoxy groups -OCH3 is 2. The summed E-state index contributed by atoms with van der Waals surface area (Å²) in [5, 5.41) is 9.97. The van der Waals surface area contributed by atoms with Crippen molar-refractivity contribution in [3.63, 3.8) is 0 Å². The van der Waals surface area contributed by atoms with Crippen molar-refractivity contribution in [3.05, 3.63) is 41.6 Å². The summed E-state index contributed by atoms with van der Waals surface area (Å²) in [7, 11) is 5.89. The number of esters is 2. The summed E-state index contributed by atoms with van der Waals surface area (Å²) in [6.45, 7) is 0.748. The van der Waals surface area contributed by atoms with Crippen molar-refractivity contribution in [2.45, 2.75) is 37.8 Å². The molecule has 0 aliphatic heterocycles. The second kappa shape index (κ2) is 18.6. The van der Waals surface area contributed by atoms with Crippen LogP contribution in [0.5, 0.6) is 0 Å². The number of thiophene rings is 2. The van der Waals surface area contributed by atoms with Crippen LogP contribution >= 0.6 is 76.1 Å². The second-order valence-electron chi connectivity index (χ2n) is 7.82. The molecule has 0 fully saturated rings. The Hall–Kier alpha value is -0.740. The topological polar surface area (TPSA) is 111 Å². The Labute approximate surface area is 255 Å². The summed E-state index contributed by atoms with van der Waals surface area (Å²) in [5.74, 6) is 0.680. The molecule has 2 N–H and O–H groups in total. The summed E-state index contributed by atoms with van der Waals surface area (Å²) < 4.78 is 11.4. The fourth-order valence-electron chi connectivity index (χ4n) is 3.27. The monoisotopic (exact) mass is 728 g/mol. The van der Waals surface area contributed by atoms with Crippen LogP contribution in [0.25, 0.3) is 0 Å². The van der Waals surface area contributed by atoms with E-state index in [-0.39, 0.29) is 36.3 Å². The van der Waals surface area contributed by atoms with Gasteiger partial charge in [-0.05, 0) is 67.6 Å². The Bertz CT molecular complexity index is 982. The van der Waals surface area contributed by atoms with Gasteiger partial charge >= 0.3 is 11.9 Å². The van der Waals surface area contributed by atoms with E-state index < -0.39 is 12.1 Å². The molecule has 2 aromatic heterocycles. The van der Waals surface area contributed by atoms with Crippen molar-refractivity contribution in [2.24, 2.45) is 0 Å². The standard InChI is InChI=1S/C24H30Br2N2O6S4/c1-33-23(31)17(27-9-3-19(29)21-15(25)5-11-35-21)7-13-37-38-14-8-18(24(32)34-2)28-10-4-20(30)22-16(26)6-12-36-22/h5-6,11-12,17-18,27-28H,3-4,7-10,13-14H2,1-2H3. The highest BCUT2D eigenvalue weighted by molar-refractivity contribution is 9.11. The van der Waals surface area contributed by atoms with Crippen LogP contribution in [-0.2, 0) is 19.1 Å². The highest BCUT2D eigenvalue weighted by Crippen LogP contribution is 2.26. The Morgan fingerprint density at radius 2 is 1.18 bits per heavy atom. The van der Waals surface area contributed by atoms with Crippen molar-refractivity contribution >= 4 is 99.6 Å². The molecule has 0 aromatic carbocycles. The van der Waals surface area contributed by atoms with Gasteiger partial charge in [-0.3, -0.25) is 19.2 Å². The predicted octanol–water partition coefficient (Wildman–Crippen LogP) is 5.60. The van der Waals surface area contributed by atoms with Gasteiger partial charge in [0.05, 0.1) is 24.0 Å². The van der Waals surface area contributed by atoms with Crippen molar-refractivity contribution < 1.29 is 28.7 Å². The molecular formula is C24H30Br2N2O6S4. The van der Waals surface area contributed by atoms with E-state index in [9.17, 15) is 19.2 Å². The van der Waals surface area contributed by atoms with Gasteiger partial charge < -0.3 is 20.1 Å². The molecule has 38 heavy (non-hydrogen) atoms. The number of Topliss-reactive ketones (excluding diaryl/α,β-unsaturated/α-hetero) is 2. The fourth-order valence-corrected chi connectivity index (χ4v) is 8.58. The number of carbonyl (C=O) groups excluding carboxylic acids is 4. The highest BCUT2D eigenvalue weighted by Gasteiger charge is 2.21. The fraction of sp³-hybridized carbons (Fsp3) is 0.500. The normalized spacial score (nSPS) is 12.6. The van der Waals surface area contributed by atoms with Crippen LogP contribution in [0.2, 0.25) is 0 Å². The first kappa shape index (κ1) is 33.5. The van der Waals surface area contributed by atoms with Gasteiger partial charge in [0.15, 0.2) is 11.6 Å². The third-order valence-corrected chi connectivity index (χ3v) is 11.5. The van der Waals surface area contributed by atoms with E-state index in [4.69, 9.17) is 9.47 Å². The number of hydrogen-bond acceptors (Lipinski definition) is 12. The van der Waals surface area contributed by atoms with Gasteiger partial charge in [-0.2, -0.15) is 0 Å². The number of hydrogen-bond donors (Lipinski definition) is 2. The number of halogens is 2. The van der Waals surface area contributed by atoms with Crippen LogP contribution in [0.1, 0.15) is 45.0 Å². The summed E-state index contributed by atoms with van der Waals surface area (Å²) in [6.07, 6.45) is 1.65. The number of ether oxygens (including phenoxy) is 2. The SMILES string of the molecule is COC(=O)C(CCSSCCC(NCCC(=O)c1sccc1Br)C(=O)OC)NCCC(=O)c1sccc1Br. The zero-order valence-corrected chi connectivity index (χ0v) is 27.4. The van der Waals surface area contributed by atoms with Crippen LogP contribution in [0, 0.1) is 0 Å². The molecule has 0 saturated heterocycles. The summed E-state index contributed by atoms with van der Waals surface area (Å²) in [6, 6.07) is 2.68. The minimum Gasteiger partial charge on any atom is -0.468 e. The zero-order valence-electron chi connectivity index (χ0n) is 21.0. The van der Waals surface area contributed by atoms with Crippen LogP contribution < -0.4 is 10.6 Å². The summed E-state index contributed by atoms with van der Waals surface area (Å²) in [5.41, 5.74) is 0. The first-order chi connectivity index (χ1) is 18.3. The summed E-state index contributed by atoms with van der Waals surface area (Å²) >= 11 is 9.52. The minimum atomic E-state index is -0.502. The molecule has 2 atom stereocenters. The maximum absolute atomic E-state index is 12.3. The lowest BCUT2D eigenvalue weighted by Gasteiger charge is -2.17. The Morgan fingerprint density at radius 1 is 0.789 bits per heavy atom. The maximum Gasteiger partial charge on any atom is 0.322 e. The molecule has 0 spiro atoms. The summed E-state index contributed by atoms with van der Waals surface area (Å²) in [4.78, 5) is 50.3. The van der Waals surface area contributed by atoms with E-state index in [1.54, 1.807) is 21.6 Å². The predicted molar refractivity (Wildman–Crippen MR) is 164 cm³/mol. The molecule has 2 aromatic rings. The van der Waals surface area contributed by atoms with Gasteiger partial charge in [0.25, 0.3) is 0 Å². The molecule has 0 saturated carbocycles. The van der Waals surface area contributed by atoms with Crippen LogP contribution in [0.4, 0.5) is 0 Å². The average molecular weight is 731 g/mol. The minimum absolute atomic E-state index is 0.0189. The Morgan fingerprint density at radius 3 is 1.50 bits per heavy atom. The molecule has 0 amide bonds. The number of carbonyl (C=O) groups is 4. The molecule has 0 aliphatic carbocycles. The van der Waals surface area contributed by atoms with Gasteiger partial charge in [-0.1, -0.05) is 21.6 Å². The molecule has 210 valence electrons. The number of nitrogens with one attached hydrogen (secondary N) is 2. The van der Waals surface area contributed by atoms with E-state index in [1.807, 2.05) is 22.9 Å². The molecule has 2 unspecified atom stereocenters. The van der Waals surface area contributed by atoms with E-state index in [0.717, 1.165) is 8.95 Å². The van der Waals surface area contributed by atoms with Crippen molar-refractivity contribution in [2.75, 3.05) is 38.8 Å².